The molecule has 0 aliphatic heterocycles. The maximum absolute atomic E-state index is 8.74. The molecule has 0 radical (unpaired) electrons. The molecule has 0 amide bonds. The maximum atomic E-state index is 8.74. The van der Waals surface area contributed by atoms with Crippen LogP contribution in [0.3, 0.4) is 0 Å². The van der Waals surface area contributed by atoms with Crippen molar-refractivity contribution in [2.75, 3.05) is 0 Å². The van der Waals surface area contributed by atoms with Gasteiger partial charge in [0.25, 0.3) is 0 Å². The van der Waals surface area contributed by atoms with Crippen molar-refractivity contribution in [2.45, 2.75) is 25.3 Å². The van der Waals surface area contributed by atoms with Gasteiger partial charge in [0.05, 0.1) is 0 Å². The highest BCUT2D eigenvalue weighted by molar-refractivity contribution is 9.09. The molecule has 0 bridgehead atoms. The Morgan fingerprint density at radius 1 is 1.71 bits per heavy atom. The zero-order valence-electron chi connectivity index (χ0n) is 4.69. The summed E-state index contributed by atoms with van der Waals surface area (Å²) in [4.78, 5) is 0. The second kappa shape index (κ2) is 3.44. The Bertz CT molecular complexity index is 45.3. The number of alkyl halides is 1. The molecule has 1 nitrogen and oxygen atoms in total. The summed E-state index contributed by atoms with van der Waals surface area (Å²) in [6.07, 6.45) is 1.02. The Morgan fingerprint density at radius 2 is 2.14 bits per heavy atom. The topological polar surface area (TPSA) is 20.2 Å². The SMILES string of the molecule is CCC(C)[C@@H](O)Br. The third-order valence-electron chi connectivity index (χ3n) is 1.11. The summed E-state index contributed by atoms with van der Waals surface area (Å²) in [6, 6.07) is 0. The average Bonchev–Trinajstić information content (AvgIpc) is 1.65. The van der Waals surface area contributed by atoms with Crippen molar-refractivity contribution >= 4 is 15.9 Å². The molecule has 0 aromatic heterocycles. The lowest BCUT2D eigenvalue weighted by atomic mass is 10.1. The van der Waals surface area contributed by atoms with Gasteiger partial charge in [-0.3, -0.25) is 0 Å². The summed E-state index contributed by atoms with van der Waals surface area (Å²) in [7, 11) is 0. The monoisotopic (exact) mass is 166 g/mol. The molecule has 2 heteroatoms. The van der Waals surface area contributed by atoms with Crippen LogP contribution in [0.2, 0.25) is 0 Å². The minimum absolute atomic E-state index is 0.322. The highest BCUT2D eigenvalue weighted by Crippen LogP contribution is 2.11. The van der Waals surface area contributed by atoms with Crippen LogP contribution >= 0.6 is 15.9 Å². The fraction of sp³-hybridized carbons (Fsp3) is 1.00. The third-order valence-corrected chi connectivity index (χ3v) is 2.02. The fourth-order valence-electron chi connectivity index (χ4n) is 0.194. The van der Waals surface area contributed by atoms with Crippen LogP contribution in [0.25, 0.3) is 0 Å². The van der Waals surface area contributed by atoms with E-state index in [4.69, 9.17) is 5.11 Å². The van der Waals surface area contributed by atoms with Crippen LogP contribution in [-0.2, 0) is 0 Å². The van der Waals surface area contributed by atoms with Crippen LogP contribution in [0, 0.1) is 5.92 Å². The van der Waals surface area contributed by atoms with Crippen molar-refractivity contribution in [3.63, 3.8) is 0 Å². The molecule has 0 rings (SSSR count). The van der Waals surface area contributed by atoms with Crippen LogP contribution < -0.4 is 0 Å². The standard InChI is InChI=1S/C5H11BrO/c1-3-4(2)5(6)7/h4-5,7H,3H2,1-2H3/t4?,5-/m1/s1. The maximum Gasteiger partial charge on any atom is 0.111 e. The minimum Gasteiger partial charge on any atom is -0.382 e. The Kier molecular flexibility index (Phi) is 3.66. The normalized spacial score (nSPS) is 18.9. The molecule has 1 N–H and O–H groups in total. The van der Waals surface area contributed by atoms with E-state index in [0.29, 0.717) is 5.92 Å². The number of hydrogen-bond acceptors (Lipinski definition) is 1. The van der Waals surface area contributed by atoms with Crippen LogP contribution in [0.5, 0.6) is 0 Å². The van der Waals surface area contributed by atoms with E-state index in [1.807, 2.05) is 6.92 Å². The van der Waals surface area contributed by atoms with E-state index in [9.17, 15) is 0 Å². The second-order valence-electron chi connectivity index (χ2n) is 1.76. The summed E-state index contributed by atoms with van der Waals surface area (Å²) in [5.74, 6) is 0.375. The highest BCUT2D eigenvalue weighted by atomic mass is 79.9. The predicted molar refractivity (Wildman–Crippen MR) is 34.4 cm³/mol. The second-order valence-corrected chi connectivity index (χ2v) is 2.70. The number of aliphatic hydroxyl groups is 1. The van der Waals surface area contributed by atoms with E-state index in [0.717, 1.165) is 6.42 Å². The zero-order valence-corrected chi connectivity index (χ0v) is 6.27. The van der Waals surface area contributed by atoms with Gasteiger partial charge in [-0.1, -0.05) is 36.2 Å². The summed E-state index contributed by atoms with van der Waals surface area (Å²) in [6.45, 7) is 4.05. The molecule has 0 spiro atoms. The van der Waals surface area contributed by atoms with E-state index in [-0.39, 0.29) is 5.01 Å². The van der Waals surface area contributed by atoms with Gasteiger partial charge < -0.3 is 5.11 Å². The largest absolute Gasteiger partial charge is 0.382 e. The number of rotatable bonds is 2. The van der Waals surface area contributed by atoms with Crippen LogP contribution in [0.1, 0.15) is 20.3 Å². The molecule has 0 saturated carbocycles. The molecule has 44 valence electrons. The molecular weight excluding hydrogens is 156 g/mol. The van der Waals surface area contributed by atoms with Gasteiger partial charge in [0.15, 0.2) is 0 Å². The molecule has 0 saturated heterocycles. The quantitative estimate of drug-likeness (QED) is 0.621. The Morgan fingerprint density at radius 3 is 2.14 bits per heavy atom. The number of hydrogen-bond donors (Lipinski definition) is 1. The Hall–Kier alpha value is 0.440. The van der Waals surface area contributed by atoms with Gasteiger partial charge in [-0.05, 0) is 5.92 Å². The predicted octanol–water partition coefficient (Wildman–Crippen LogP) is 1.75. The molecule has 0 aliphatic carbocycles. The van der Waals surface area contributed by atoms with Crippen molar-refractivity contribution in [1.82, 2.24) is 0 Å². The van der Waals surface area contributed by atoms with Crippen molar-refractivity contribution in [1.29, 1.82) is 0 Å². The van der Waals surface area contributed by atoms with Crippen molar-refractivity contribution in [3.8, 4) is 0 Å². The number of aliphatic hydroxyl groups excluding tert-OH is 1. The summed E-state index contributed by atoms with van der Waals surface area (Å²) >= 11 is 3.06. The Labute approximate surface area is 52.9 Å². The third kappa shape index (κ3) is 3.06. The lowest BCUT2D eigenvalue weighted by Crippen LogP contribution is -2.07. The molecule has 0 fully saturated rings. The van der Waals surface area contributed by atoms with Crippen LogP contribution in [0.4, 0.5) is 0 Å². The van der Waals surface area contributed by atoms with Crippen molar-refractivity contribution in [2.24, 2.45) is 5.92 Å². The smallest absolute Gasteiger partial charge is 0.111 e. The van der Waals surface area contributed by atoms with E-state index >= 15 is 0 Å². The van der Waals surface area contributed by atoms with E-state index in [1.165, 1.54) is 0 Å². The molecular formula is C5H11BrO. The minimum atomic E-state index is -0.322. The van der Waals surface area contributed by atoms with Gasteiger partial charge in [0.2, 0.25) is 0 Å². The molecule has 0 aliphatic rings. The summed E-state index contributed by atoms with van der Waals surface area (Å²) < 4.78 is 0. The highest BCUT2D eigenvalue weighted by Gasteiger charge is 2.05. The van der Waals surface area contributed by atoms with E-state index in [2.05, 4.69) is 22.9 Å². The van der Waals surface area contributed by atoms with Gasteiger partial charge in [-0.2, -0.15) is 0 Å². The van der Waals surface area contributed by atoms with E-state index in [1.54, 1.807) is 0 Å². The number of halogens is 1. The molecule has 7 heavy (non-hydrogen) atoms. The summed E-state index contributed by atoms with van der Waals surface area (Å²) in [5.41, 5.74) is 0. The molecule has 0 aromatic rings. The van der Waals surface area contributed by atoms with Gasteiger partial charge in [-0.25, -0.2) is 0 Å². The van der Waals surface area contributed by atoms with Gasteiger partial charge in [0, 0.05) is 0 Å². The first-order valence-electron chi connectivity index (χ1n) is 2.50. The fourth-order valence-corrected chi connectivity index (χ4v) is 0.568. The molecule has 0 heterocycles. The first-order valence-corrected chi connectivity index (χ1v) is 3.42. The zero-order chi connectivity index (χ0) is 5.86. The van der Waals surface area contributed by atoms with Gasteiger partial charge in [0.1, 0.15) is 5.01 Å². The lowest BCUT2D eigenvalue weighted by Gasteiger charge is -2.07. The lowest BCUT2D eigenvalue weighted by molar-refractivity contribution is 0.205. The molecule has 1 unspecified atom stereocenters. The van der Waals surface area contributed by atoms with Crippen molar-refractivity contribution in [3.05, 3.63) is 0 Å². The average molecular weight is 167 g/mol. The summed E-state index contributed by atoms with van der Waals surface area (Å²) in [5, 5.41) is 8.42. The molecule has 0 aromatic carbocycles. The van der Waals surface area contributed by atoms with Gasteiger partial charge >= 0.3 is 0 Å². The van der Waals surface area contributed by atoms with Crippen LogP contribution in [0.15, 0.2) is 0 Å². The first kappa shape index (κ1) is 7.44. The van der Waals surface area contributed by atoms with Crippen molar-refractivity contribution < 1.29 is 5.11 Å². The van der Waals surface area contributed by atoms with E-state index < -0.39 is 0 Å². The van der Waals surface area contributed by atoms with Gasteiger partial charge in [-0.15, -0.1) is 0 Å². The van der Waals surface area contributed by atoms with Crippen LogP contribution in [-0.4, -0.2) is 10.1 Å². The first-order chi connectivity index (χ1) is 3.18. The Balaban J connectivity index is 3.14. The molecule has 2 atom stereocenters.